The van der Waals surface area contributed by atoms with E-state index in [0.29, 0.717) is 5.78 Å². The fraction of sp³-hybridized carbons (Fsp3) is 0.857. The van der Waals surface area contributed by atoms with Gasteiger partial charge in [-0.05, 0) is 0 Å². The Kier molecular flexibility index (Phi) is 7.43. The van der Waals surface area contributed by atoms with Crippen molar-refractivity contribution < 1.29 is 9.53 Å². The molecule has 24 heavy (non-hydrogen) atoms. The predicted molar refractivity (Wildman–Crippen MR) is 105 cm³/mol. The van der Waals surface area contributed by atoms with Crippen molar-refractivity contribution in [2.45, 2.75) is 96.2 Å². The molecular weight excluding hydrogens is 403 g/mol. The Bertz CT molecular complexity index is 437. The normalized spacial score (nSPS) is 32.5. The number of hydrogen-bond acceptors (Lipinski definition) is 2. The van der Waals surface area contributed by atoms with Gasteiger partial charge in [-0.2, -0.15) is 0 Å². The maximum atomic E-state index is 13.0. The van der Waals surface area contributed by atoms with Crippen LogP contribution in [0, 0.1) is 11.8 Å². The summed E-state index contributed by atoms with van der Waals surface area (Å²) in [6.07, 6.45) is 12.5. The van der Waals surface area contributed by atoms with E-state index in [1.165, 1.54) is 51.8 Å². The van der Waals surface area contributed by atoms with E-state index >= 15 is 0 Å². The van der Waals surface area contributed by atoms with E-state index in [0.717, 1.165) is 0 Å². The van der Waals surface area contributed by atoms with E-state index in [1.54, 1.807) is 0 Å². The average molecular weight is 441 g/mol. The van der Waals surface area contributed by atoms with Gasteiger partial charge in [0.25, 0.3) is 0 Å². The molecule has 2 rings (SSSR count). The number of rotatable bonds is 10. The van der Waals surface area contributed by atoms with E-state index in [2.05, 4.69) is 46.8 Å². The van der Waals surface area contributed by atoms with Crippen LogP contribution in [0.3, 0.4) is 0 Å². The van der Waals surface area contributed by atoms with Gasteiger partial charge < -0.3 is 0 Å². The van der Waals surface area contributed by atoms with Crippen LogP contribution in [-0.4, -0.2) is 33.9 Å². The minimum absolute atomic E-state index is 0.0411. The Morgan fingerprint density at radius 3 is 1.96 bits per heavy atom. The Labute approximate surface area is 153 Å². The summed E-state index contributed by atoms with van der Waals surface area (Å²) in [4.78, 5) is 13.0. The van der Waals surface area contributed by atoms with E-state index in [-0.39, 0.29) is 21.6 Å². The molecule has 2 aliphatic heterocycles. The Balaban J connectivity index is 2.43. The number of carbonyl (C=O) groups is 1. The summed E-state index contributed by atoms with van der Waals surface area (Å²) in [5.74, 6) is 0.574. The first-order valence-electron chi connectivity index (χ1n) is 10.4. The Hall–Kier alpha value is 0.169. The van der Waals surface area contributed by atoms with Gasteiger partial charge in [-0.3, -0.25) is 0 Å². The van der Waals surface area contributed by atoms with Gasteiger partial charge in [-0.25, -0.2) is 0 Å². The predicted octanol–water partition coefficient (Wildman–Crippen LogP) is 5.92. The van der Waals surface area contributed by atoms with Crippen molar-refractivity contribution in [3.05, 3.63) is 12.2 Å². The Morgan fingerprint density at radius 2 is 1.50 bits per heavy atom. The second kappa shape index (κ2) is 8.70. The first kappa shape index (κ1) is 20.5. The molecule has 138 valence electrons. The first-order chi connectivity index (χ1) is 11.5. The summed E-state index contributed by atoms with van der Waals surface area (Å²) in [7, 11) is 0. The molecule has 2 bridgehead atoms. The molecule has 1 saturated heterocycles. The zero-order valence-corrected chi connectivity index (χ0v) is 19.4. The van der Waals surface area contributed by atoms with Crippen LogP contribution in [0.1, 0.15) is 73.1 Å². The molecule has 2 heterocycles. The van der Waals surface area contributed by atoms with Crippen LogP contribution < -0.4 is 0 Å². The third-order valence-electron chi connectivity index (χ3n) is 6.73. The number of carbonyl (C=O) groups excluding carboxylic acids is 1. The molecule has 1 fully saturated rings. The summed E-state index contributed by atoms with van der Waals surface area (Å²) in [6.45, 7) is 11.2. The van der Waals surface area contributed by atoms with E-state index < -0.39 is 18.4 Å². The molecule has 0 N–H and O–H groups in total. The molecule has 0 aromatic heterocycles. The maximum absolute atomic E-state index is 13.0. The molecular formula is C21H38O2Sn. The van der Waals surface area contributed by atoms with Gasteiger partial charge in [0, 0.05) is 0 Å². The molecule has 4 atom stereocenters. The van der Waals surface area contributed by atoms with Gasteiger partial charge in [0.1, 0.15) is 0 Å². The molecule has 0 aromatic rings. The van der Waals surface area contributed by atoms with Crippen molar-refractivity contribution >= 4 is 24.2 Å². The zero-order valence-electron chi connectivity index (χ0n) is 16.6. The quantitative estimate of drug-likeness (QED) is 0.311. The van der Waals surface area contributed by atoms with Gasteiger partial charge in [0.15, 0.2) is 0 Å². The third kappa shape index (κ3) is 3.51. The molecule has 0 aliphatic carbocycles. The second-order valence-electron chi connectivity index (χ2n) is 8.24. The molecule has 0 saturated carbocycles. The molecule has 0 spiro atoms. The molecule has 2 nitrogen and oxygen atoms in total. The topological polar surface area (TPSA) is 26.3 Å². The number of hydrogen-bond donors (Lipinski definition) is 0. The molecule has 0 amide bonds. The Morgan fingerprint density at radius 1 is 1.00 bits per heavy atom. The standard InChI is InChI=1S/C9H11O2.3C4H9.Sn/c1-5-7-3-4-8(11-7)6(2)9(5)10;3*1-3-4-2;/h3-7H,1-2H3;3*1,3-4H2,2H3;/t5-,6+,7+;;;;/m1..../s1. The van der Waals surface area contributed by atoms with Gasteiger partial charge in [-0.15, -0.1) is 0 Å². The second-order valence-corrected chi connectivity index (χ2v) is 22.1. The van der Waals surface area contributed by atoms with E-state index in [4.69, 9.17) is 4.74 Å². The van der Waals surface area contributed by atoms with Crippen molar-refractivity contribution in [3.63, 3.8) is 0 Å². The van der Waals surface area contributed by atoms with E-state index in [1.807, 2.05) is 0 Å². The van der Waals surface area contributed by atoms with Crippen molar-refractivity contribution in [2.24, 2.45) is 11.8 Å². The minimum atomic E-state index is -2.68. The summed E-state index contributed by atoms with van der Waals surface area (Å²) in [5.41, 5.74) is 0. The van der Waals surface area contributed by atoms with E-state index in [9.17, 15) is 4.79 Å². The number of ketones is 1. The molecule has 0 radical (unpaired) electrons. The van der Waals surface area contributed by atoms with Gasteiger partial charge in [0.2, 0.25) is 0 Å². The first-order valence-corrected chi connectivity index (χ1v) is 17.9. The number of fused-ring (bicyclic) bond motifs is 2. The fourth-order valence-electron chi connectivity index (χ4n) is 5.09. The number of unbranched alkanes of at least 4 members (excludes halogenated alkanes) is 3. The molecule has 0 unspecified atom stereocenters. The average Bonchev–Trinajstić information content (AvgIpc) is 3.02. The van der Waals surface area contributed by atoms with Crippen LogP contribution in [0.2, 0.25) is 13.3 Å². The zero-order chi connectivity index (χ0) is 17.8. The van der Waals surface area contributed by atoms with Crippen LogP contribution in [0.25, 0.3) is 0 Å². The van der Waals surface area contributed by atoms with Gasteiger partial charge in [-0.1, -0.05) is 0 Å². The molecule has 3 heteroatoms. The van der Waals surface area contributed by atoms with Crippen LogP contribution in [0.15, 0.2) is 12.2 Å². The van der Waals surface area contributed by atoms with Crippen molar-refractivity contribution in [1.29, 1.82) is 0 Å². The van der Waals surface area contributed by atoms with Crippen molar-refractivity contribution in [1.82, 2.24) is 0 Å². The third-order valence-corrected chi connectivity index (χ3v) is 24.7. The molecule has 2 aliphatic rings. The van der Waals surface area contributed by atoms with Crippen molar-refractivity contribution in [2.75, 3.05) is 0 Å². The van der Waals surface area contributed by atoms with Crippen LogP contribution in [0.5, 0.6) is 0 Å². The van der Waals surface area contributed by atoms with Crippen molar-refractivity contribution in [3.8, 4) is 0 Å². The SMILES string of the molecule is CCC[CH2][Sn]([CH2]CCC)([CH2]CCC)[C@@]12C=C[C@H](O1)[C@@H](C)C(=O)[C@H]2C. The summed E-state index contributed by atoms with van der Waals surface area (Å²) in [6, 6.07) is 0. The van der Waals surface area contributed by atoms with Crippen LogP contribution in [-0.2, 0) is 9.53 Å². The summed E-state index contributed by atoms with van der Waals surface area (Å²) >= 11 is -2.68. The van der Waals surface area contributed by atoms with Crippen LogP contribution >= 0.6 is 0 Å². The fourth-order valence-corrected chi connectivity index (χ4v) is 24.8. The summed E-state index contributed by atoms with van der Waals surface area (Å²) in [5, 5.41) is 0. The number of Topliss-reactive ketones (excluding diaryl/α,β-unsaturated/α-hetero) is 1. The van der Waals surface area contributed by atoms with Gasteiger partial charge in [0.05, 0.1) is 0 Å². The number of ether oxygens (including phenoxy) is 1. The van der Waals surface area contributed by atoms with Crippen LogP contribution in [0.4, 0.5) is 0 Å². The molecule has 0 aromatic carbocycles. The summed E-state index contributed by atoms with van der Waals surface area (Å²) < 4.78 is 10.8. The monoisotopic (exact) mass is 442 g/mol. The van der Waals surface area contributed by atoms with Gasteiger partial charge >= 0.3 is 154 Å².